The molecule has 1 aliphatic heterocycles. The lowest BCUT2D eigenvalue weighted by Crippen LogP contribution is -2.37. The molecule has 3 heterocycles. The summed E-state index contributed by atoms with van der Waals surface area (Å²) in [6, 6.07) is 29.7. The number of allylic oxidation sites excluding steroid dienone is 1. The number of anilines is 1. The monoisotopic (exact) mass is 666 g/mol. The Bertz CT molecular complexity index is 2010. The number of fused-ring (bicyclic) bond motifs is 1. The van der Waals surface area contributed by atoms with Crippen molar-refractivity contribution in [3.8, 4) is 21.7 Å². The number of ether oxygens (including phenoxy) is 1. The van der Waals surface area contributed by atoms with Crippen LogP contribution in [0.25, 0.3) is 33.9 Å². The summed E-state index contributed by atoms with van der Waals surface area (Å²) in [5.41, 5.74) is 4.86. The second-order valence-electron chi connectivity index (χ2n) is 10.9. The normalized spacial score (nSPS) is 15.5. The summed E-state index contributed by atoms with van der Waals surface area (Å²) >= 11 is 5.15. The van der Waals surface area contributed by atoms with Gasteiger partial charge in [-0.1, -0.05) is 90.7 Å². The van der Waals surface area contributed by atoms with Gasteiger partial charge in [0.25, 0.3) is 10.6 Å². The molecule has 5 aromatic rings. The van der Waals surface area contributed by atoms with Gasteiger partial charge < -0.3 is 9.64 Å². The molecule has 0 N–H and O–H groups in total. The van der Waals surface area contributed by atoms with Gasteiger partial charge >= 0.3 is 0 Å². The van der Waals surface area contributed by atoms with Crippen molar-refractivity contribution >= 4 is 52.3 Å². The molecule has 0 fully saturated rings. The zero-order valence-corrected chi connectivity index (χ0v) is 29.3. The quantitative estimate of drug-likeness (QED) is 0.108. The van der Waals surface area contributed by atoms with E-state index in [0.29, 0.717) is 17.7 Å². The first kappa shape index (κ1) is 32.1. The molecule has 8 heteroatoms. The summed E-state index contributed by atoms with van der Waals surface area (Å²) in [6.07, 6.45) is 7.19. The SMILES string of the molecule is CCCn1c(=O)/c(=C/C(=C/[C@@H]2Sc3ccccc3N2CC)OCC)s/c1=C/c1sc(-c2ccccc2)c(-c2ccccc2)[n+]1CC. The number of thioether (sulfide) groups is 1. The Hall–Kier alpha value is -3.85. The minimum atomic E-state index is 0.0320. The van der Waals surface area contributed by atoms with Gasteiger partial charge in [-0.25, -0.2) is 0 Å². The van der Waals surface area contributed by atoms with E-state index in [1.165, 1.54) is 32.3 Å². The molecule has 1 atom stereocenters. The van der Waals surface area contributed by atoms with Crippen molar-refractivity contribution in [1.29, 1.82) is 0 Å². The highest BCUT2D eigenvalue weighted by Crippen LogP contribution is 2.44. The highest BCUT2D eigenvalue weighted by Gasteiger charge is 2.28. The van der Waals surface area contributed by atoms with Gasteiger partial charge in [0, 0.05) is 29.6 Å². The fraction of sp³-hybridized carbons (Fsp3) is 0.263. The van der Waals surface area contributed by atoms with Crippen LogP contribution in [0.5, 0.6) is 0 Å². The van der Waals surface area contributed by atoms with E-state index >= 15 is 0 Å². The summed E-state index contributed by atoms with van der Waals surface area (Å²) in [5, 5.41) is 1.23. The largest absolute Gasteiger partial charge is 0.494 e. The van der Waals surface area contributed by atoms with Gasteiger partial charge in [0.15, 0.2) is 0 Å². The first-order chi connectivity index (χ1) is 22.6. The van der Waals surface area contributed by atoms with Crippen LogP contribution < -0.4 is 24.2 Å². The number of nitrogens with zero attached hydrogens (tertiary/aromatic N) is 3. The third kappa shape index (κ3) is 6.52. The van der Waals surface area contributed by atoms with Crippen molar-refractivity contribution < 1.29 is 9.30 Å². The van der Waals surface area contributed by atoms with E-state index in [0.717, 1.165) is 34.9 Å². The average molecular weight is 667 g/mol. The van der Waals surface area contributed by atoms with Crippen molar-refractivity contribution in [2.24, 2.45) is 0 Å². The minimum Gasteiger partial charge on any atom is -0.494 e. The maximum atomic E-state index is 13.9. The molecule has 0 unspecified atom stereocenters. The van der Waals surface area contributed by atoms with Gasteiger partial charge in [-0.05, 0) is 63.1 Å². The van der Waals surface area contributed by atoms with Crippen LogP contribution in [0.4, 0.5) is 5.69 Å². The summed E-state index contributed by atoms with van der Waals surface area (Å²) < 4.78 is 12.1. The van der Waals surface area contributed by atoms with Crippen LogP contribution >= 0.6 is 34.4 Å². The molecule has 236 valence electrons. The molecular formula is C38H40N3O2S3+. The zero-order chi connectivity index (χ0) is 32.0. The number of hydrogen-bond donors (Lipinski definition) is 0. The van der Waals surface area contributed by atoms with E-state index in [1.54, 1.807) is 22.7 Å². The summed E-state index contributed by atoms with van der Waals surface area (Å²) in [7, 11) is 0. The maximum absolute atomic E-state index is 13.9. The molecule has 5 nitrogen and oxygen atoms in total. The molecule has 3 aromatic carbocycles. The average Bonchev–Trinajstić information content (AvgIpc) is 3.73. The van der Waals surface area contributed by atoms with Crippen LogP contribution in [0.2, 0.25) is 0 Å². The molecule has 1 aliphatic rings. The van der Waals surface area contributed by atoms with Gasteiger partial charge in [0.2, 0.25) is 5.69 Å². The number of thiazole rings is 2. The molecule has 0 saturated heterocycles. The van der Waals surface area contributed by atoms with E-state index < -0.39 is 0 Å². The fourth-order valence-electron chi connectivity index (χ4n) is 5.89. The van der Waals surface area contributed by atoms with Crippen molar-refractivity contribution in [1.82, 2.24) is 4.57 Å². The second-order valence-corrected chi connectivity index (χ2v) is 14.2. The lowest BCUT2D eigenvalue weighted by Gasteiger charge is -2.23. The Morgan fingerprint density at radius 1 is 0.891 bits per heavy atom. The van der Waals surface area contributed by atoms with Crippen LogP contribution in [0, 0.1) is 0 Å². The van der Waals surface area contributed by atoms with Gasteiger partial charge in [-0.3, -0.25) is 9.36 Å². The van der Waals surface area contributed by atoms with Gasteiger partial charge in [0.1, 0.15) is 27.2 Å². The zero-order valence-electron chi connectivity index (χ0n) is 26.8. The molecule has 0 bridgehead atoms. The van der Waals surface area contributed by atoms with Crippen molar-refractivity contribution in [2.45, 2.75) is 57.5 Å². The summed E-state index contributed by atoms with van der Waals surface area (Å²) in [5.74, 6) is 0.734. The van der Waals surface area contributed by atoms with Crippen LogP contribution in [-0.2, 0) is 17.8 Å². The Morgan fingerprint density at radius 2 is 1.59 bits per heavy atom. The fourth-order valence-corrected chi connectivity index (χ4v) is 9.62. The predicted molar refractivity (Wildman–Crippen MR) is 196 cm³/mol. The van der Waals surface area contributed by atoms with E-state index in [9.17, 15) is 4.79 Å². The van der Waals surface area contributed by atoms with Crippen molar-refractivity contribution in [3.05, 3.63) is 121 Å². The number of benzene rings is 3. The highest BCUT2D eigenvalue weighted by molar-refractivity contribution is 8.00. The van der Waals surface area contributed by atoms with E-state index in [-0.39, 0.29) is 10.9 Å². The number of likely N-dealkylation sites (N-methyl/N-ethyl adjacent to an activating group) is 1. The molecule has 6 rings (SSSR count). The predicted octanol–water partition coefficient (Wildman–Crippen LogP) is 7.51. The first-order valence-electron chi connectivity index (χ1n) is 16.0. The maximum Gasteiger partial charge on any atom is 0.269 e. The molecule has 0 amide bonds. The van der Waals surface area contributed by atoms with Crippen LogP contribution in [0.3, 0.4) is 0 Å². The van der Waals surface area contributed by atoms with Crippen LogP contribution in [0.15, 0.2) is 106 Å². The molecular weight excluding hydrogens is 627 g/mol. The molecule has 0 saturated carbocycles. The van der Waals surface area contributed by atoms with Gasteiger partial charge in [0.05, 0.1) is 22.9 Å². The third-order valence-corrected chi connectivity index (χ3v) is 11.4. The van der Waals surface area contributed by atoms with Crippen LogP contribution in [0.1, 0.15) is 39.1 Å². The minimum absolute atomic E-state index is 0.0320. The summed E-state index contributed by atoms with van der Waals surface area (Å²) in [4.78, 5) is 18.8. The van der Waals surface area contributed by atoms with E-state index in [1.807, 2.05) is 29.3 Å². The molecule has 46 heavy (non-hydrogen) atoms. The number of aromatic nitrogens is 2. The Morgan fingerprint density at radius 3 is 2.26 bits per heavy atom. The van der Waals surface area contributed by atoms with Crippen molar-refractivity contribution in [2.75, 3.05) is 18.1 Å². The van der Waals surface area contributed by atoms with Crippen molar-refractivity contribution in [3.63, 3.8) is 0 Å². The third-order valence-electron chi connectivity index (χ3n) is 7.95. The van der Waals surface area contributed by atoms with Gasteiger partial charge in [-0.2, -0.15) is 4.57 Å². The lowest BCUT2D eigenvalue weighted by atomic mass is 10.1. The van der Waals surface area contributed by atoms with Crippen LogP contribution in [-0.4, -0.2) is 23.1 Å². The van der Waals surface area contributed by atoms with E-state index in [4.69, 9.17) is 4.74 Å². The number of rotatable bonds is 11. The second kappa shape index (κ2) is 14.7. The first-order valence-corrected chi connectivity index (χ1v) is 18.5. The number of para-hydroxylation sites is 1. The Labute approximate surface area is 283 Å². The standard InChI is InChI=1S/C38H40N3O2S3/c1-5-23-41-35(26-34-40(7-3)36(27-17-11-9-12-18-27)37(46-34)28-19-13-10-14-20-28)45-32(38(41)42)24-29(43-8-4)25-33-39(6-2)30-21-15-16-22-31(30)44-33/h9-22,24-26,33H,5-8,23H2,1-4H3/q+1/b29-25-,32-24-/t33-/m0/s1. The highest BCUT2D eigenvalue weighted by atomic mass is 32.2. The summed E-state index contributed by atoms with van der Waals surface area (Å²) in [6.45, 7) is 11.4. The number of hydrogen-bond acceptors (Lipinski definition) is 6. The lowest BCUT2D eigenvalue weighted by molar-refractivity contribution is -0.679. The van der Waals surface area contributed by atoms with Gasteiger partial charge in [-0.15, -0.1) is 11.3 Å². The molecule has 0 radical (unpaired) electrons. The molecule has 2 aromatic heterocycles. The smallest absolute Gasteiger partial charge is 0.269 e. The molecule has 0 spiro atoms. The Kier molecular flexibility index (Phi) is 10.3. The topological polar surface area (TPSA) is 38.4 Å². The Balaban J connectivity index is 1.49. The molecule has 0 aliphatic carbocycles. The van der Waals surface area contributed by atoms with E-state index in [2.05, 4.69) is 127 Å².